The molecule has 186 valence electrons. The zero-order valence-electron chi connectivity index (χ0n) is 20.2. The largest absolute Gasteiger partial charge is 0.468 e. The second-order valence-corrected chi connectivity index (χ2v) is 9.21. The predicted molar refractivity (Wildman–Crippen MR) is 141 cm³/mol. The van der Waals surface area contributed by atoms with Crippen molar-refractivity contribution in [1.82, 2.24) is 29.7 Å². The minimum Gasteiger partial charge on any atom is -0.468 e. The lowest BCUT2D eigenvalue weighted by Gasteiger charge is -2.18. The van der Waals surface area contributed by atoms with Crippen LogP contribution in [0.3, 0.4) is 0 Å². The van der Waals surface area contributed by atoms with Gasteiger partial charge in [-0.05, 0) is 30.7 Å². The summed E-state index contributed by atoms with van der Waals surface area (Å²) in [6, 6.07) is 15.3. The third-order valence-corrected chi connectivity index (χ3v) is 6.35. The molecule has 1 amide bonds. The fourth-order valence-corrected chi connectivity index (χ4v) is 4.30. The van der Waals surface area contributed by atoms with Crippen molar-refractivity contribution in [1.29, 1.82) is 0 Å². The zero-order chi connectivity index (χ0) is 25.6. The number of carbonyl (C=O) groups is 1. The van der Waals surface area contributed by atoms with E-state index in [9.17, 15) is 4.79 Å². The maximum atomic E-state index is 13.0. The van der Waals surface area contributed by atoms with Crippen LogP contribution in [0.5, 0.6) is 5.88 Å². The molecule has 0 saturated heterocycles. The second kappa shape index (κ2) is 11.0. The summed E-state index contributed by atoms with van der Waals surface area (Å²) >= 11 is 1.28. The Balaban J connectivity index is 1.35. The van der Waals surface area contributed by atoms with Crippen molar-refractivity contribution < 1.29 is 9.53 Å². The Hall–Kier alpha value is -4.64. The Morgan fingerprint density at radius 1 is 1.11 bits per heavy atom. The van der Waals surface area contributed by atoms with Crippen LogP contribution in [-0.2, 0) is 13.6 Å². The standard InChI is InChI=1S/C26H24N8O2S/c1-17(18-6-4-3-5-7-18)36-24-22(28-14-21-15-34(2)16-30-21)12-20(13-29-24)23(35)31-26-33-32-25(37-26)19-8-10-27-11-9-19/h3-13,15-17,28H,14H2,1-2H3,(H,31,33,35)/t17-/m0/s1. The lowest BCUT2D eigenvalue weighted by molar-refractivity contribution is 0.102. The maximum Gasteiger partial charge on any atom is 0.259 e. The first-order chi connectivity index (χ1) is 18.0. The molecule has 0 fully saturated rings. The van der Waals surface area contributed by atoms with E-state index in [0.717, 1.165) is 16.8 Å². The van der Waals surface area contributed by atoms with Crippen molar-refractivity contribution in [3.05, 3.63) is 96.5 Å². The van der Waals surface area contributed by atoms with E-state index in [4.69, 9.17) is 4.74 Å². The van der Waals surface area contributed by atoms with Crippen LogP contribution in [0.2, 0.25) is 0 Å². The number of hydrogen-bond acceptors (Lipinski definition) is 9. The summed E-state index contributed by atoms with van der Waals surface area (Å²) in [5.41, 5.74) is 3.67. The highest BCUT2D eigenvalue weighted by molar-refractivity contribution is 7.18. The monoisotopic (exact) mass is 512 g/mol. The number of imidazole rings is 1. The molecule has 1 aromatic carbocycles. The highest BCUT2D eigenvalue weighted by atomic mass is 32.1. The fraction of sp³-hybridized carbons (Fsp3) is 0.154. The van der Waals surface area contributed by atoms with Gasteiger partial charge in [0.15, 0.2) is 0 Å². The van der Waals surface area contributed by atoms with E-state index < -0.39 is 0 Å². The Bertz CT molecular complexity index is 1490. The van der Waals surface area contributed by atoms with Gasteiger partial charge in [0.05, 0.1) is 29.8 Å². The van der Waals surface area contributed by atoms with Gasteiger partial charge < -0.3 is 14.6 Å². The SMILES string of the molecule is C[C@H](Oc1ncc(C(=O)Nc2nnc(-c3ccncc3)s2)cc1NCc1cn(C)cn1)c1ccccc1. The van der Waals surface area contributed by atoms with Crippen molar-refractivity contribution in [3.8, 4) is 16.5 Å². The van der Waals surface area contributed by atoms with Crippen LogP contribution < -0.4 is 15.4 Å². The average Bonchev–Trinajstić information content (AvgIpc) is 3.57. The summed E-state index contributed by atoms with van der Waals surface area (Å²) in [4.78, 5) is 25.9. The lowest BCUT2D eigenvalue weighted by Crippen LogP contribution is -2.14. The third kappa shape index (κ3) is 5.96. The van der Waals surface area contributed by atoms with E-state index in [0.29, 0.717) is 33.8 Å². The molecule has 5 rings (SSSR count). The molecular weight excluding hydrogens is 488 g/mol. The Morgan fingerprint density at radius 2 is 1.92 bits per heavy atom. The third-order valence-electron chi connectivity index (χ3n) is 5.46. The van der Waals surface area contributed by atoms with E-state index in [-0.39, 0.29) is 12.0 Å². The Morgan fingerprint density at radius 3 is 2.68 bits per heavy atom. The Labute approximate surface area is 217 Å². The van der Waals surface area contributed by atoms with Crippen LogP contribution in [-0.4, -0.2) is 35.6 Å². The molecule has 0 aliphatic heterocycles. The fourth-order valence-electron chi connectivity index (χ4n) is 3.55. The molecule has 0 aliphatic carbocycles. The van der Waals surface area contributed by atoms with Gasteiger partial charge in [0.25, 0.3) is 5.91 Å². The molecule has 2 N–H and O–H groups in total. The quantitative estimate of drug-likeness (QED) is 0.291. The topological polar surface area (TPSA) is 120 Å². The summed E-state index contributed by atoms with van der Waals surface area (Å²) in [5, 5.41) is 15.4. The number of pyridine rings is 2. The summed E-state index contributed by atoms with van der Waals surface area (Å²) in [6.07, 6.45) is 8.26. The summed E-state index contributed by atoms with van der Waals surface area (Å²) < 4.78 is 8.05. The number of ether oxygens (including phenoxy) is 1. The van der Waals surface area contributed by atoms with Crippen LogP contribution in [0.25, 0.3) is 10.6 Å². The van der Waals surface area contributed by atoms with E-state index in [1.54, 1.807) is 24.8 Å². The van der Waals surface area contributed by atoms with Gasteiger partial charge in [-0.15, -0.1) is 10.2 Å². The van der Waals surface area contributed by atoms with Gasteiger partial charge in [0.2, 0.25) is 11.0 Å². The minimum atomic E-state index is -0.353. The molecule has 37 heavy (non-hydrogen) atoms. The first-order valence-electron chi connectivity index (χ1n) is 11.5. The molecule has 0 bridgehead atoms. The van der Waals surface area contributed by atoms with Gasteiger partial charge in [-0.1, -0.05) is 41.7 Å². The van der Waals surface area contributed by atoms with Crippen molar-refractivity contribution >= 4 is 28.1 Å². The van der Waals surface area contributed by atoms with Crippen LogP contribution in [0.4, 0.5) is 10.8 Å². The van der Waals surface area contributed by atoms with E-state index in [1.807, 2.05) is 67.2 Å². The number of carbonyl (C=O) groups excluding carboxylic acids is 1. The van der Waals surface area contributed by atoms with Crippen LogP contribution in [0.15, 0.2) is 79.6 Å². The van der Waals surface area contributed by atoms with Crippen molar-refractivity contribution in [2.75, 3.05) is 10.6 Å². The lowest BCUT2D eigenvalue weighted by atomic mass is 10.1. The summed E-state index contributed by atoms with van der Waals surface area (Å²) in [5.74, 6) is 0.0354. The van der Waals surface area contributed by atoms with Crippen molar-refractivity contribution in [2.45, 2.75) is 19.6 Å². The zero-order valence-corrected chi connectivity index (χ0v) is 21.0. The second-order valence-electron chi connectivity index (χ2n) is 8.23. The number of aryl methyl sites for hydroxylation is 1. The molecule has 0 spiro atoms. The van der Waals surface area contributed by atoms with E-state index in [1.165, 1.54) is 17.5 Å². The number of anilines is 2. The van der Waals surface area contributed by atoms with Crippen LogP contribution in [0, 0.1) is 0 Å². The van der Waals surface area contributed by atoms with E-state index >= 15 is 0 Å². The van der Waals surface area contributed by atoms with Gasteiger partial charge in [-0.3, -0.25) is 15.1 Å². The van der Waals surface area contributed by atoms with Gasteiger partial charge in [-0.2, -0.15) is 0 Å². The highest BCUT2D eigenvalue weighted by Crippen LogP contribution is 2.30. The molecule has 0 aliphatic rings. The summed E-state index contributed by atoms with van der Waals surface area (Å²) in [6.45, 7) is 2.39. The number of nitrogens with zero attached hydrogens (tertiary/aromatic N) is 6. The van der Waals surface area contributed by atoms with Gasteiger partial charge in [0, 0.05) is 37.4 Å². The van der Waals surface area contributed by atoms with Crippen LogP contribution >= 0.6 is 11.3 Å². The van der Waals surface area contributed by atoms with Crippen LogP contribution in [0.1, 0.15) is 34.6 Å². The van der Waals surface area contributed by atoms with Gasteiger partial charge >= 0.3 is 0 Å². The van der Waals surface area contributed by atoms with Gasteiger partial charge in [0.1, 0.15) is 11.1 Å². The first kappa shape index (κ1) is 24.1. The average molecular weight is 513 g/mol. The highest BCUT2D eigenvalue weighted by Gasteiger charge is 2.17. The van der Waals surface area contributed by atoms with Crippen molar-refractivity contribution in [3.63, 3.8) is 0 Å². The molecular formula is C26H24N8O2S. The van der Waals surface area contributed by atoms with E-state index in [2.05, 4.69) is 35.8 Å². The maximum absolute atomic E-state index is 13.0. The number of rotatable bonds is 9. The summed E-state index contributed by atoms with van der Waals surface area (Å²) in [7, 11) is 1.91. The normalized spacial score (nSPS) is 11.6. The number of benzene rings is 1. The number of amides is 1. The van der Waals surface area contributed by atoms with Crippen molar-refractivity contribution in [2.24, 2.45) is 7.05 Å². The molecule has 0 saturated carbocycles. The minimum absolute atomic E-state index is 0.239. The molecule has 10 nitrogen and oxygen atoms in total. The number of hydrogen-bond donors (Lipinski definition) is 2. The molecule has 1 atom stereocenters. The first-order valence-corrected chi connectivity index (χ1v) is 12.3. The molecule has 5 aromatic rings. The smallest absolute Gasteiger partial charge is 0.259 e. The molecule has 0 unspecified atom stereocenters. The molecule has 4 heterocycles. The molecule has 11 heteroatoms. The molecule has 0 radical (unpaired) electrons. The predicted octanol–water partition coefficient (Wildman–Crippen LogP) is 4.73. The number of aromatic nitrogens is 6. The Kier molecular flexibility index (Phi) is 7.13. The van der Waals surface area contributed by atoms with Gasteiger partial charge in [-0.25, -0.2) is 9.97 Å². The molecule has 4 aromatic heterocycles. The number of nitrogens with one attached hydrogen (secondary N) is 2.